The molecule has 0 unspecified atom stereocenters. The standard InChI is InChI=1S/2C6H5.C2H6NO4S2.Sb/c2*1-2-4-6-5-3-1;1-8(4,5)3-9(2,6)7;/h2*1-5H;1-2H3;/q;;-1;+1. The molecule has 0 saturated heterocycles. The molecule has 2 aromatic carbocycles. The Morgan fingerprint density at radius 3 is 1.27 bits per heavy atom. The molecule has 0 radical (unpaired) electrons. The summed E-state index contributed by atoms with van der Waals surface area (Å²) >= 11 is -3.21. The predicted octanol–water partition coefficient (Wildman–Crippen LogP) is 0.0135. The number of rotatable bonds is 5. The van der Waals surface area contributed by atoms with Gasteiger partial charge in [0.1, 0.15) is 0 Å². The number of hydrogen-bond acceptors (Lipinski definition) is 4. The Morgan fingerprint density at radius 1 is 0.682 bits per heavy atom. The Labute approximate surface area is 139 Å². The third-order valence-corrected chi connectivity index (χ3v) is 18.2. The molecule has 0 spiro atoms. The predicted molar refractivity (Wildman–Crippen MR) is 89.4 cm³/mol. The van der Waals surface area contributed by atoms with E-state index in [4.69, 9.17) is 0 Å². The van der Waals surface area contributed by atoms with Crippen LogP contribution < -0.4 is 7.02 Å². The second-order valence-electron chi connectivity index (χ2n) is 4.69. The summed E-state index contributed by atoms with van der Waals surface area (Å²) in [7, 11) is -7.78. The molecule has 0 aliphatic rings. The third-order valence-electron chi connectivity index (χ3n) is 2.73. The van der Waals surface area contributed by atoms with Crippen molar-refractivity contribution >= 4 is 47.6 Å². The fraction of sp³-hybridized carbons (Fsp3) is 0.143. The summed E-state index contributed by atoms with van der Waals surface area (Å²) in [6.07, 6.45) is 1.88. The second kappa shape index (κ2) is 6.70. The van der Waals surface area contributed by atoms with Crippen molar-refractivity contribution in [3.8, 4) is 0 Å². The Hall–Kier alpha value is -0.882. The SMILES string of the molecule is CS(=O)(=O)[N]([Sb]([c]1ccccc1)[c]1ccccc1)S(C)(=O)=O. The van der Waals surface area contributed by atoms with Crippen molar-refractivity contribution in [3.05, 3.63) is 60.7 Å². The van der Waals surface area contributed by atoms with Crippen LogP contribution in [0.2, 0.25) is 0 Å². The van der Waals surface area contributed by atoms with E-state index in [2.05, 4.69) is 0 Å². The Morgan fingerprint density at radius 2 is 1.00 bits per heavy atom. The van der Waals surface area contributed by atoms with Crippen LogP contribution in [0, 0.1) is 0 Å². The first-order chi connectivity index (χ1) is 10.2. The zero-order valence-electron chi connectivity index (χ0n) is 12.1. The average molecular weight is 448 g/mol. The van der Waals surface area contributed by atoms with Gasteiger partial charge < -0.3 is 0 Å². The maximum atomic E-state index is 12.2. The number of sulfonamides is 2. The van der Waals surface area contributed by atoms with Gasteiger partial charge in [0.2, 0.25) is 0 Å². The number of hydrogen-bond donors (Lipinski definition) is 0. The van der Waals surface area contributed by atoms with Gasteiger partial charge in [0, 0.05) is 0 Å². The summed E-state index contributed by atoms with van der Waals surface area (Å²) in [5, 5.41) is 0. The molecule has 0 N–H and O–H groups in total. The molecule has 0 aliphatic heterocycles. The quantitative estimate of drug-likeness (QED) is 0.605. The van der Waals surface area contributed by atoms with E-state index in [1.54, 1.807) is 48.5 Å². The third kappa shape index (κ3) is 4.10. The van der Waals surface area contributed by atoms with E-state index >= 15 is 0 Å². The van der Waals surface area contributed by atoms with Crippen LogP contribution in [0.1, 0.15) is 0 Å². The Bertz CT molecular complexity index is 765. The first-order valence-corrected chi connectivity index (χ1v) is 13.7. The zero-order chi connectivity index (χ0) is 16.4. The summed E-state index contributed by atoms with van der Waals surface area (Å²) in [6, 6.07) is 18.0. The minimum atomic E-state index is -3.89. The van der Waals surface area contributed by atoms with E-state index < -0.39 is 40.5 Å². The molecule has 2 rings (SSSR count). The normalized spacial score (nSPS) is 12.7. The van der Waals surface area contributed by atoms with Gasteiger partial charge in [-0.1, -0.05) is 0 Å². The summed E-state index contributed by atoms with van der Waals surface area (Å²) in [6.45, 7) is 0. The van der Waals surface area contributed by atoms with Gasteiger partial charge in [0.25, 0.3) is 0 Å². The molecule has 118 valence electrons. The molecule has 0 amide bonds. The van der Waals surface area contributed by atoms with Gasteiger partial charge >= 0.3 is 139 Å². The van der Waals surface area contributed by atoms with E-state index in [0.29, 0.717) is 0 Å². The van der Waals surface area contributed by atoms with Crippen LogP contribution in [-0.2, 0) is 20.0 Å². The molecule has 8 heteroatoms. The minimum absolute atomic E-state index is 0.744. The maximum absolute atomic E-state index is 12.2. The van der Waals surface area contributed by atoms with Gasteiger partial charge in [-0.3, -0.25) is 0 Å². The van der Waals surface area contributed by atoms with Crippen molar-refractivity contribution in [1.82, 2.24) is 1.87 Å². The van der Waals surface area contributed by atoms with Gasteiger partial charge in [-0.15, -0.1) is 0 Å². The van der Waals surface area contributed by atoms with E-state index in [1.165, 1.54) is 0 Å². The van der Waals surface area contributed by atoms with Crippen LogP contribution in [-0.4, -0.2) is 51.7 Å². The Balaban J connectivity index is 2.73. The number of nitrogens with zero attached hydrogens (tertiary/aromatic N) is 1. The van der Waals surface area contributed by atoms with Crippen molar-refractivity contribution in [2.24, 2.45) is 0 Å². The number of benzene rings is 2. The first-order valence-electron chi connectivity index (χ1n) is 6.32. The topological polar surface area (TPSA) is 71.5 Å². The molecule has 0 saturated carbocycles. The molecule has 0 aromatic heterocycles. The molecular weight excluding hydrogens is 432 g/mol. The van der Waals surface area contributed by atoms with E-state index in [-0.39, 0.29) is 0 Å². The molecule has 0 aliphatic carbocycles. The molecule has 5 nitrogen and oxygen atoms in total. The van der Waals surface area contributed by atoms with Crippen molar-refractivity contribution in [2.45, 2.75) is 0 Å². The van der Waals surface area contributed by atoms with E-state index in [9.17, 15) is 16.8 Å². The first kappa shape index (κ1) is 17.5. The monoisotopic (exact) mass is 447 g/mol. The summed E-state index contributed by atoms with van der Waals surface area (Å²) in [5.41, 5.74) is 0. The van der Waals surface area contributed by atoms with E-state index in [0.717, 1.165) is 21.4 Å². The van der Waals surface area contributed by atoms with Crippen LogP contribution in [0.3, 0.4) is 0 Å². The van der Waals surface area contributed by atoms with Crippen LogP contribution in [0.4, 0.5) is 0 Å². The second-order valence-corrected chi connectivity index (χ2v) is 16.1. The average Bonchev–Trinajstić information content (AvgIpc) is 2.44. The molecule has 0 bridgehead atoms. The Kier molecular flexibility index (Phi) is 5.32. The summed E-state index contributed by atoms with van der Waals surface area (Å²) < 4.78 is 50.9. The van der Waals surface area contributed by atoms with Crippen LogP contribution in [0.5, 0.6) is 0 Å². The van der Waals surface area contributed by atoms with Gasteiger partial charge in [-0.05, 0) is 0 Å². The molecule has 2 aromatic rings. The van der Waals surface area contributed by atoms with Gasteiger partial charge in [0.15, 0.2) is 0 Å². The van der Waals surface area contributed by atoms with Crippen molar-refractivity contribution in [1.29, 1.82) is 0 Å². The summed E-state index contributed by atoms with van der Waals surface area (Å²) in [5.74, 6) is 0. The zero-order valence-corrected chi connectivity index (χ0v) is 16.3. The van der Waals surface area contributed by atoms with Gasteiger partial charge in [-0.25, -0.2) is 0 Å². The molecular formula is C14H16NO4S2Sb. The van der Waals surface area contributed by atoms with Crippen molar-refractivity contribution < 1.29 is 16.8 Å². The fourth-order valence-electron chi connectivity index (χ4n) is 2.02. The van der Waals surface area contributed by atoms with Crippen LogP contribution in [0.15, 0.2) is 60.7 Å². The van der Waals surface area contributed by atoms with Gasteiger partial charge in [0.05, 0.1) is 0 Å². The molecule has 0 heterocycles. The van der Waals surface area contributed by atoms with Crippen molar-refractivity contribution in [2.75, 3.05) is 12.5 Å². The molecule has 22 heavy (non-hydrogen) atoms. The fourth-order valence-corrected chi connectivity index (χ4v) is 16.7. The van der Waals surface area contributed by atoms with Gasteiger partial charge in [-0.2, -0.15) is 0 Å². The van der Waals surface area contributed by atoms with E-state index in [1.807, 2.05) is 12.1 Å². The van der Waals surface area contributed by atoms with Crippen molar-refractivity contribution in [3.63, 3.8) is 0 Å². The molecule has 0 fully saturated rings. The summed E-state index contributed by atoms with van der Waals surface area (Å²) in [4.78, 5) is 0. The van der Waals surface area contributed by atoms with Crippen LogP contribution >= 0.6 is 0 Å². The molecule has 0 atom stereocenters. The van der Waals surface area contributed by atoms with Crippen LogP contribution in [0.25, 0.3) is 0 Å².